The molecule has 0 saturated heterocycles. The predicted molar refractivity (Wildman–Crippen MR) is 53.2 cm³/mol. The molecule has 3 N–H and O–H groups in total. The third-order valence-electron chi connectivity index (χ3n) is 2.92. The van der Waals surface area contributed by atoms with Crippen molar-refractivity contribution in [1.29, 1.82) is 0 Å². The van der Waals surface area contributed by atoms with Crippen LogP contribution in [0.5, 0.6) is 0 Å². The second-order valence-corrected chi connectivity index (χ2v) is 4.01. The van der Waals surface area contributed by atoms with Crippen molar-refractivity contribution < 1.29 is 19.8 Å². The van der Waals surface area contributed by atoms with Gasteiger partial charge in [-0.2, -0.15) is 0 Å². The van der Waals surface area contributed by atoms with Crippen molar-refractivity contribution in [3.8, 4) is 0 Å². The third-order valence-corrected chi connectivity index (χ3v) is 2.92. The summed E-state index contributed by atoms with van der Waals surface area (Å²) in [6.45, 7) is 0.636. The Morgan fingerprint density at radius 3 is 2.53 bits per heavy atom. The molecule has 0 heterocycles. The van der Waals surface area contributed by atoms with Crippen LogP contribution in [-0.4, -0.2) is 35.2 Å². The normalized spacial score (nSPS) is 25.1. The van der Waals surface area contributed by atoms with E-state index < -0.39 is 18.3 Å². The fraction of sp³-hybridized carbons (Fsp3) is 0.800. The molecule has 0 radical (unpaired) electrons. The highest BCUT2D eigenvalue weighted by atomic mass is 16.4. The second-order valence-electron chi connectivity index (χ2n) is 4.01. The molecule has 86 valence electrons. The zero-order valence-electron chi connectivity index (χ0n) is 8.61. The average molecular weight is 215 g/mol. The van der Waals surface area contributed by atoms with E-state index in [0.717, 1.165) is 19.3 Å². The summed E-state index contributed by atoms with van der Waals surface area (Å²) in [4.78, 5) is 21.3. The molecule has 2 atom stereocenters. The molecule has 1 fully saturated rings. The first-order chi connectivity index (χ1) is 7.13. The van der Waals surface area contributed by atoms with Crippen LogP contribution in [-0.2, 0) is 9.59 Å². The van der Waals surface area contributed by atoms with E-state index in [1.807, 2.05) is 0 Å². The van der Waals surface area contributed by atoms with Gasteiger partial charge in [0.15, 0.2) is 0 Å². The predicted octanol–water partition coefficient (Wildman–Crippen LogP) is -0.0141. The minimum Gasteiger partial charge on any atom is -0.481 e. The van der Waals surface area contributed by atoms with Gasteiger partial charge in [-0.15, -0.1) is 0 Å². The molecule has 5 nitrogen and oxygen atoms in total. The van der Waals surface area contributed by atoms with Crippen molar-refractivity contribution in [3.63, 3.8) is 0 Å². The van der Waals surface area contributed by atoms with Gasteiger partial charge in [-0.05, 0) is 24.7 Å². The lowest BCUT2D eigenvalue weighted by Gasteiger charge is -2.17. The van der Waals surface area contributed by atoms with Crippen LogP contribution in [0.25, 0.3) is 0 Å². The quantitative estimate of drug-likeness (QED) is 0.563. The summed E-state index contributed by atoms with van der Waals surface area (Å²) in [5.41, 5.74) is 0. The first-order valence-electron chi connectivity index (χ1n) is 5.23. The van der Waals surface area contributed by atoms with E-state index in [1.54, 1.807) is 0 Å². The Hall–Kier alpha value is -1.10. The van der Waals surface area contributed by atoms with Gasteiger partial charge in [0, 0.05) is 13.2 Å². The summed E-state index contributed by atoms with van der Waals surface area (Å²) in [5.74, 6) is -1.01. The maximum atomic E-state index is 11.1. The molecule has 1 aliphatic rings. The Labute approximate surface area is 88.5 Å². The van der Waals surface area contributed by atoms with E-state index in [0.29, 0.717) is 12.5 Å². The number of aliphatic carboxylic acids is 1. The average Bonchev–Trinajstić information content (AvgIpc) is 2.60. The summed E-state index contributed by atoms with van der Waals surface area (Å²) < 4.78 is 0. The zero-order chi connectivity index (χ0) is 11.3. The van der Waals surface area contributed by atoms with Crippen LogP contribution in [0.2, 0.25) is 0 Å². The van der Waals surface area contributed by atoms with Crippen LogP contribution in [0.3, 0.4) is 0 Å². The number of rotatable bonds is 5. The first kappa shape index (κ1) is 12.0. The van der Waals surface area contributed by atoms with E-state index in [4.69, 9.17) is 10.2 Å². The van der Waals surface area contributed by atoms with E-state index in [9.17, 15) is 9.59 Å². The number of hydrogen-bond donors (Lipinski definition) is 3. The van der Waals surface area contributed by atoms with Gasteiger partial charge in [-0.1, -0.05) is 6.42 Å². The molecule has 0 spiro atoms. The highest BCUT2D eigenvalue weighted by molar-refractivity contribution is 5.93. The molecule has 0 aromatic heterocycles. The van der Waals surface area contributed by atoms with E-state index >= 15 is 0 Å². The second kappa shape index (κ2) is 5.70. The van der Waals surface area contributed by atoms with Crippen molar-refractivity contribution in [2.45, 2.75) is 25.7 Å². The number of carboxylic acid groups (broad SMARTS) is 1. The van der Waals surface area contributed by atoms with Crippen LogP contribution >= 0.6 is 0 Å². The fourth-order valence-electron chi connectivity index (χ4n) is 2.07. The minimum absolute atomic E-state index is 0.152. The highest BCUT2D eigenvalue weighted by Crippen LogP contribution is 2.30. The molecule has 0 bridgehead atoms. The van der Waals surface area contributed by atoms with Crippen molar-refractivity contribution >= 4 is 11.9 Å². The number of carboxylic acids is 1. The molecule has 1 amide bonds. The molecule has 1 rings (SSSR count). The lowest BCUT2D eigenvalue weighted by Crippen LogP contribution is -2.32. The van der Waals surface area contributed by atoms with Crippen molar-refractivity contribution in [2.75, 3.05) is 13.2 Å². The molecule has 0 aromatic rings. The Morgan fingerprint density at radius 1 is 1.27 bits per heavy atom. The maximum absolute atomic E-state index is 11.1. The zero-order valence-corrected chi connectivity index (χ0v) is 8.61. The van der Waals surface area contributed by atoms with Crippen LogP contribution in [0.4, 0.5) is 0 Å². The number of aliphatic hydroxyl groups is 1. The molecule has 0 aromatic carbocycles. The lowest BCUT2D eigenvalue weighted by atomic mass is 9.97. The topological polar surface area (TPSA) is 86.6 Å². The fourth-order valence-corrected chi connectivity index (χ4v) is 2.07. The van der Waals surface area contributed by atoms with Gasteiger partial charge in [-0.3, -0.25) is 9.59 Å². The van der Waals surface area contributed by atoms with Crippen LogP contribution < -0.4 is 5.32 Å². The Kier molecular flexibility index (Phi) is 4.55. The van der Waals surface area contributed by atoms with Crippen LogP contribution in [0, 0.1) is 11.8 Å². The van der Waals surface area contributed by atoms with Gasteiger partial charge < -0.3 is 15.5 Å². The van der Waals surface area contributed by atoms with Gasteiger partial charge >= 0.3 is 5.97 Å². The van der Waals surface area contributed by atoms with Crippen LogP contribution in [0.15, 0.2) is 0 Å². The minimum atomic E-state index is -1.11. The lowest BCUT2D eigenvalue weighted by molar-refractivity contribution is -0.140. The number of carbonyl (C=O) groups is 2. The number of nitrogens with one attached hydrogen (secondary N) is 1. The van der Waals surface area contributed by atoms with E-state index in [-0.39, 0.29) is 12.5 Å². The van der Waals surface area contributed by atoms with Crippen molar-refractivity contribution in [2.24, 2.45) is 11.8 Å². The third kappa shape index (κ3) is 3.87. The standard InChI is InChI=1S/C10H17NO4/c12-6-8-3-1-2-7(8)5-11-9(13)4-10(14)15/h7-8,12H,1-6H2,(H,11,13)(H,14,15). The van der Waals surface area contributed by atoms with E-state index in [1.165, 1.54) is 0 Å². The SMILES string of the molecule is O=C(O)CC(=O)NCC1CCCC1CO. The van der Waals surface area contributed by atoms with E-state index in [2.05, 4.69) is 5.32 Å². The first-order valence-corrected chi connectivity index (χ1v) is 5.23. The molecule has 1 aliphatic carbocycles. The van der Waals surface area contributed by atoms with Crippen LogP contribution in [0.1, 0.15) is 25.7 Å². The van der Waals surface area contributed by atoms with Gasteiger partial charge in [0.2, 0.25) is 5.91 Å². The molecule has 2 unspecified atom stereocenters. The van der Waals surface area contributed by atoms with Gasteiger partial charge in [0.1, 0.15) is 6.42 Å². The largest absolute Gasteiger partial charge is 0.481 e. The Bertz CT molecular complexity index is 242. The molecular formula is C10H17NO4. The monoisotopic (exact) mass is 215 g/mol. The number of hydrogen-bond acceptors (Lipinski definition) is 3. The highest BCUT2D eigenvalue weighted by Gasteiger charge is 2.26. The number of amides is 1. The van der Waals surface area contributed by atoms with Crippen molar-refractivity contribution in [3.05, 3.63) is 0 Å². The summed E-state index contributed by atoms with van der Waals surface area (Å²) >= 11 is 0. The van der Waals surface area contributed by atoms with Gasteiger partial charge in [0.05, 0.1) is 0 Å². The van der Waals surface area contributed by atoms with Gasteiger partial charge in [0.25, 0.3) is 0 Å². The van der Waals surface area contributed by atoms with Gasteiger partial charge in [-0.25, -0.2) is 0 Å². The molecular weight excluding hydrogens is 198 g/mol. The molecule has 0 aliphatic heterocycles. The molecule has 15 heavy (non-hydrogen) atoms. The summed E-state index contributed by atoms with van der Waals surface area (Å²) in [5, 5.41) is 20.0. The number of aliphatic hydroxyl groups excluding tert-OH is 1. The van der Waals surface area contributed by atoms with Crippen molar-refractivity contribution in [1.82, 2.24) is 5.32 Å². The summed E-state index contributed by atoms with van der Waals surface area (Å²) in [6.07, 6.45) is 2.59. The molecule has 5 heteroatoms. The Balaban J connectivity index is 2.24. The Morgan fingerprint density at radius 2 is 1.93 bits per heavy atom. The maximum Gasteiger partial charge on any atom is 0.312 e. The number of carbonyl (C=O) groups excluding carboxylic acids is 1. The summed E-state index contributed by atoms with van der Waals surface area (Å²) in [6, 6.07) is 0. The molecule has 1 saturated carbocycles. The summed E-state index contributed by atoms with van der Waals surface area (Å²) in [7, 11) is 0. The smallest absolute Gasteiger partial charge is 0.312 e.